The van der Waals surface area contributed by atoms with Gasteiger partial charge in [-0.25, -0.2) is 4.79 Å². The fraction of sp³-hybridized carbons (Fsp3) is 0.471. The summed E-state index contributed by atoms with van der Waals surface area (Å²) in [6.07, 6.45) is 8.03. The SMILES string of the molecule is C=CC#N.C=CC(=O)OCCCCCC(C)C.C=CC(N)=O. The van der Waals surface area contributed by atoms with Crippen molar-refractivity contribution in [3.05, 3.63) is 38.0 Å². The van der Waals surface area contributed by atoms with Crippen LogP contribution in [0.3, 0.4) is 0 Å². The van der Waals surface area contributed by atoms with Crippen LogP contribution in [0, 0.1) is 17.2 Å². The molecule has 1 amide bonds. The van der Waals surface area contributed by atoms with Crippen molar-refractivity contribution in [2.24, 2.45) is 11.7 Å². The second-order valence-corrected chi connectivity index (χ2v) is 4.55. The molecule has 0 saturated heterocycles. The zero-order chi connectivity index (χ0) is 17.8. The van der Waals surface area contributed by atoms with Crippen LogP contribution in [0.2, 0.25) is 0 Å². The van der Waals surface area contributed by atoms with Gasteiger partial charge in [0.05, 0.1) is 12.7 Å². The molecule has 0 saturated carbocycles. The van der Waals surface area contributed by atoms with Gasteiger partial charge >= 0.3 is 5.97 Å². The summed E-state index contributed by atoms with van der Waals surface area (Å²) >= 11 is 0. The van der Waals surface area contributed by atoms with Crippen LogP contribution in [0.25, 0.3) is 0 Å². The highest BCUT2D eigenvalue weighted by Gasteiger charge is 1.96. The molecule has 0 atom stereocenters. The minimum absolute atomic E-state index is 0.316. The van der Waals surface area contributed by atoms with Crippen molar-refractivity contribution in [1.82, 2.24) is 0 Å². The van der Waals surface area contributed by atoms with Crippen LogP contribution in [-0.2, 0) is 14.3 Å². The van der Waals surface area contributed by atoms with Gasteiger partial charge in [0.2, 0.25) is 5.91 Å². The number of carbonyl (C=O) groups excluding carboxylic acids is 2. The Bertz CT molecular complexity index is 369. The molecule has 0 aromatic heterocycles. The van der Waals surface area contributed by atoms with Crippen molar-refractivity contribution in [2.75, 3.05) is 6.61 Å². The van der Waals surface area contributed by atoms with Gasteiger partial charge in [0.15, 0.2) is 0 Å². The Labute approximate surface area is 134 Å². The summed E-state index contributed by atoms with van der Waals surface area (Å²) in [7, 11) is 0. The smallest absolute Gasteiger partial charge is 0.330 e. The average molecular weight is 308 g/mol. The van der Waals surface area contributed by atoms with Crippen molar-refractivity contribution >= 4 is 11.9 Å². The van der Waals surface area contributed by atoms with E-state index in [4.69, 9.17) is 10.00 Å². The van der Waals surface area contributed by atoms with E-state index in [-0.39, 0.29) is 5.97 Å². The number of nitrogens with zero attached hydrogens (tertiary/aromatic N) is 1. The zero-order valence-corrected chi connectivity index (χ0v) is 13.7. The standard InChI is InChI=1S/C11H20O2.C3H5NO.C3H3N/c1-4-11(12)13-9-7-5-6-8-10(2)3;1-2-3(4)5;1-2-3-4/h4,10H,1,5-9H2,2-3H3;2H,1H2,(H2,4,5);2H,1H2. The monoisotopic (exact) mass is 308 g/mol. The van der Waals surface area contributed by atoms with E-state index in [1.165, 1.54) is 25.0 Å². The molecule has 0 aromatic rings. The maximum Gasteiger partial charge on any atom is 0.330 e. The number of nitrogens with two attached hydrogens (primary N) is 1. The first-order valence-electron chi connectivity index (χ1n) is 7.07. The number of rotatable bonds is 8. The number of carbonyl (C=O) groups is 2. The largest absolute Gasteiger partial charge is 0.463 e. The van der Waals surface area contributed by atoms with E-state index >= 15 is 0 Å². The predicted octanol–water partition coefficient (Wildman–Crippen LogP) is 3.29. The fourth-order valence-electron chi connectivity index (χ4n) is 1.06. The van der Waals surface area contributed by atoms with Gasteiger partial charge in [0, 0.05) is 12.2 Å². The Hall–Kier alpha value is -2.35. The molecule has 0 aromatic carbocycles. The highest BCUT2D eigenvalue weighted by molar-refractivity contribution is 5.85. The van der Waals surface area contributed by atoms with Crippen molar-refractivity contribution < 1.29 is 14.3 Å². The first kappa shape index (κ1) is 24.7. The van der Waals surface area contributed by atoms with E-state index < -0.39 is 5.91 Å². The molecule has 0 aliphatic heterocycles. The summed E-state index contributed by atoms with van der Waals surface area (Å²) in [6.45, 7) is 14.5. The van der Waals surface area contributed by atoms with Crippen molar-refractivity contribution in [3.8, 4) is 6.07 Å². The Morgan fingerprint density at radius 1 is 1.18 bits per heavy atom. The molecule has 0 unspecified atom stereocenters. The predicted molar refractivity (Wildman–Crippen MR) is 89.7 cm³/mol. The molecule has 5 nitrogen and oxygen atoms in total. The van der Waals surface area contributed by atoms with Crippen LogP contribution in [0.4, 0.5) is 0 Å². The number of esters is 1. The van der Waals surface area contributed by atoms with E-state index in [1.54, 1.807) is 6.07 Å². The van der Waals surface area contributed by atoms with Crippen LogP contribution in [0.1, 0.15) is 39.5 Å². The number of unbranched alkanes of at least 4 members (excludes halogenated alkanes) is 2. The van der Waals surface area contributed by atoms with Gasteiger partial charge < -0.3 is 10.5 Å². The topological polar surface area (TPSA) is 93.2 Å². The Balaban J connectivity index is -0.000000330. The summed E-state index contributed by atoms with van der Waals surface area (Å²) in [6, 6.07) is 1.69. The Morgan fingerprint density at radius 2 is 1.68 bits per heavy atom. The molecule has 0 spiro atoms. The van der Waals surface area contributed by atoms with Gasteiger partial charge in [-0.15, -0.1) is 0 Å². The number of ether oxygens (including phenoxy) is 1. The van der Waals surface area contributed by atoms with E-state index in [0.717, 1.165) is 24.8 Å². The minimum atomic E-state index is -0.481. The second kappa shape index (κ2) is 21.0. The molecule has 0 radical (unpaired) electrons. The number of nitriles is 1. The molecule has 0 heterocycles. The lowest BCUT2D eigenvalue weighted by Gasteiger charge is -2.04. The minimum Gasteiger partial charge on any atom is -0.463 e. The van der Waals surface area contributed by atoms with E-state index in [9.17, 15) is 9.59 Å². The summed E-state index contributed by atoms with van der Waals surface area (Å²) in [5.41, 5.74) is 4.53. The molecule has 124 valence electrons. The van der Waals surface area contributed by atoms with E-state index in [2.05, 4.69) is 39.3 Å². The van der Waals surface area contributed by atoms with Gasteiger partial charge in [0.1, 0.15) is 0 Å². The molecular weight excluding hydrogens is 280 g/mol. The molecule has 0 aliphatic carbocycles. The number of hydrogen-bond donors (Lipinski definition) is 1. The van der Waals surface area contributed by atoms with Crippen molar-refractivity contribution in [1.29, 1.82) is 5.26 Å². The first-order chi connectivity index (χ1) is 10.3. The normalized spacial score (nSPS) is 8.09. The summed E-state index contributed by atoms with van der Waals surface area (Å²) in [5.74, 6) is -0.0235. The molecule has 5 heteroatoms. The summed E-state index contributed by atoms with van der Waals surface area (Å²) in [5, 5.41) is 7.51. The highest BCUT2D eigenvalue weighted by Crippen LogP contribution is 2.07. The van der Waals surface area contributed by atoms with Crippen LogP contribution < -0.4 is 5.73 Å². The van der Waals surface area contributed by atoms with Crippen molar-refractivity contribution in [2.45, 2.75) is 39.5 Å². The molecule has 22 heavy (non-hydrogen) atoms. The number of allylic oxidation sites excluding steroid dienone is 1. The van der Waals surface area contributed by atoms with Crippen LogP contribution >= 0.6 is 0 Å². The summed E-state index contributed by atoms with van der Waals surface area (Å²) in [4.78, 5) is 20.1. The van der Waals surface area contributed by atoms with Gasteiger partial charge in [0.25, 0.3) is 0 Å². The quantitative estimate of drug-likeness (QED) is 0.322. The lowest BCUT2D eigenvalue weighted by Crippen LogP contribution is -2.04. The average Bonchev–Trinajstić information content (AvgIpc) is 2.50. The highest BCUT2D eigenvalue weighted by atomic mass is 16.5. The lowest BCUT2D eigenvalue weighted by atomic mass is 10.1. The van der Waals surface area contributed by atoms with Crippen LogP contribution in [-0.4, -0.2) is 18.5 Å². The third kappa shape index (κ3) is 36.1. The van der Waals surface area contributed by atoms with E-state index in [1.807, 2.05) is 0 Å². The van der Waals surface area contributed by atoms with Gasteiger partial charge in [-0.2, -0.15) is 5.26 Å². The third-order valence-electron chi connectivity index (χ3n) is 2.13. The van der Waals surface area contributed by atoms with Gasteiger partial charge in [-0.1, -0.05) is 52.8 Å². The Morgan fingerprint density at radius 3 is 2.00 bits per heavy atom. The number of primary amides is 1. The van der Waals surface area contributed by atoms with Crippen molar-refractivity contribution in [3.63, 3.8) is 0 Å². The molecule has 0 bridgehead atoms. The van der Waals surface area contributed by atoms with Gasteiger partial charge in [-0.3, -0.25) is 4.79 Å². The van der Waals surface area contributed by atoms with Crippen LogP contribution in [0.15, 0.2) is 38.0 Å². The van der Waals surface area contributed by atoms with Crippen LogP contribution in [0.5, 0.6) is 0 Å². The maximum atomic E-state index is 10.6. The zero-order valence-electron chi connectivity index (χ0n) is 13.7. The first-order valence-corrected chi connectivity index (χ1v) is 7.07. The van der Waals surface area contributed by atoms with E-state index in [0.29, 0.717) is 6.61 Å². The third-order valence-corrected chi connectivity index (χ3v) is 2.13. The summed E-state index contributed by atoms with van der Waals surface area (Å²) < 4.78 is 4.84. The molecule has 0 fully saturated rings. The maximum absolute atomic E-state index is 10.6. The molecular formula is C17H28N2O3. The fourth-order valence-corrected chi connectivity index (χ4v) is 1.06. The number of amides is 1. The second-order valence-electron chi connectivity index (χ2n) is 4.55. The Kier molecular flexibility index (Phi) is 23.5. The number of hydrogen-bond acceptors (Lipinski definition) is 4. The molecule has 2 N–H and O–H groups in total. The molecule has 0 rings (SSSR count). The molecule has 0 aliphatic rings. The lowest BCUT2D eigenvalue weighted by molar-refractivity contribution is -0.137. The van der Waals surface area contributed by atoms with Gasteiger partial charge in [-0.05, 0) is 18.4 Å².